The largest absolute Gasteiger partial charge is 0.490 e. The van der Waals surface area contributed by atoms with Crippen LogP contribution in [0.4, 0.5) is 4.39 Å². The summed E-state index contributed by atoms with van der Waals surface area (Å²) < 4.78 is 46.8. The quantitative estimate of drug-likeness (QED) is 0.600. The molecule has 0 atom stereocenters. The Bertz CT molecular complexity index is 1040. The Morgan fingerprint density at radius 1 is 1.00 bits per heavy atom. The standard InChI is InChI=1S/C21H20FNO3S2/c22-19-7-1-2-9-21(19)28(24,25)23-12-10-17(11-13-23)26-18-6-3-5-16(15-18)20-8-4-14-27-20/h1-9,14-15,17H,10-13H2. The van der Waals surface area contributed by atoms with Gasteiger partial charge in [-0.1, -0.05) is 30.3 Å². The molecule has 7 heteroatoms. The molecule has 146 valence electrons. The van der Waals surface area contributed by atoms with Crippen molar-refractivity contribution in [2.45, 2.75) is 23.8 Å². The molecule has 0 amide bonds. The summed E-state index contributed by atoms with van der Waals surface area (Å²) in [6.45, 7) is 0.623. The van der Waals surface area contributed by atoms with Crippen molar-refractivity contribution in [2.75, 3.05) is 13.1 Å². The van der Waals surface area contributed by atoms with Crippen LogP contribution in [-0.2, 0) is 10.0 Å². The monoisotopic (exact) mass is 417 g/mol. The van der Waals surface area contributed by atoms with Crippen molar-refractivity contribution in [3.8, 4) is 16.2 Å². The van der Waals surface area contributed by atoms with E-state index in [4.69, 9.17) is 4.74 Å². The summed E-state index contributed by atoms with van der Waals surface area (Å²) >= 11 is 1.67. The molecule has 2 heterocycles. The lowest BCUT2D eigenvalue weighted by Gasteiger charge is -2.31. The van der Waals surface area contributed by atoms with Crippen molar-refractivity contribution in [3.63, 3.8) is 0 Å². The number of rotatable bonds is 5. The fourth-order valence-electron chi connectivity index (χ4n) is 3.34. The van der Waals surface area contributed by atoms with Crippen LogP contribution in [0.2, 0.25) is 0 Å². The first-order valence-corrected chi connectivity index (χ1v) is 11.4. The Hall–Kier alpha value is -2.22. The Balaban J connectivity index is 1.41. The summed E-state index contributed by atoms with van der Waals surface area (Å²) in [5.74, 6) is 0.0626. The highest BCUT2D eigenvalue weighted by Crippen LogP contribution is 2.30. The number of sulfonamides is 1. The number of thiophene rings is 1. The van der Waals surface area contributed by atoms with Gasteiger partial charge in [-0.2, -0.15) is 4.31 Å². The van der Waals surface area contributed by atoms with Gasteiger partial charge in [-0.05, 0) is 54.1 Å². The zero-order valence-electron chi connectivity index (χ0n) is 15.1. The third kappa shape index (κ3) is 3.97. The molecular weight excluding hydrogens is 397 g/mol. The molecule has 1 aromatic heterocycles. The maximum absolute atomic E-state index is 13.9. The number of hydrogen-bond acceptors (Lipinski definition) is 4. The fraction of sp³-hybridized carbons (Fsp3) is 0.238. The molecule has 0 saturated carbocycles. The highest BCUT2D eigenvalue weighted by molar-refractivity contribution is 7.89. The minimum Gasteiger partial charge on any atom is -0.490 e. The van der Waals surface area contributed by atoms with Gasteiger partial charge in [0.05, 0.1) is 0 Å². The highest BCUT2D eigenvalue weighted by atomic mass is 32.2. The average molecular weight is 418 g/mol. The minimum atomic E-state index is -3.82. The minimum absolute atomic E-state index is 0.0642. The number of hydrogen-bond donors (Lipinski definition) is 0. The summed E-state index contributed by atoms with van der Waals surface area (Å²) in [6.07, 6.45) is 1.07. The van der Waals surface area contributed by atoms with E-state index < -0.39 is 15.8 Å². The molecular formula is C21H20FNO3S2. The van der Waals surface area contributed by atoms with E-state index in [-0.39, 0.29) is 11.0 Å². The van der Waals surface area contributed by atoms with Crippen LogP contribution in [0, 0.1) is 5.82 Å². The molecule has 1 aliphatic rings. The first-order chi connectivity index (χ1) is 13.5. The molecule has 0 aliphatic carbocycles. The van der Waals surface area contributed by atoms with E-state index in [0.717, 1.165) is 11.3 Å². The van der Waals surface area contributed by atoms with Gasteiger partial charge in [-0.15, -0.1) is 11.3 Å². The topological polar surface area (TPSA) is 46.6 Å². The van der Waals surface area contributed by atoms with Crippen molar-refractivity contribution >= 4 is 21.4 Å². The molecule has 3 aromatic rings. The number of halogens is 1. The normalized spacial score (nSPS) is 16.2. The number of nitrogens with zero attached hydrogens (tertiary/aromatic N) is 1. The maximum Gasteiger partial charge on any atom is 0.245 e. The van der Waals surface area contributed by atoms with Gasteiger partial charge in [0.25, 0.3) is 0 Å². The van der Waals surface area contributed by atoms with Crippen molar-refractivity contribution in [3.05, 3.63) is 71.9 Å². The molecule has 28 heavy (non-hydrogen) atoms. The molecule has 2 aromatic carbocycles. The fourth-order valence-corrected chi connectivity index (χ4v) is 5.60. The van der Waals surface area contributed by atoms with Crippen molar-refractivity contribution < 1.29 is 17.5 Å². The van der Waals surface area contributed by atoms with E-state index in [2.05, 4.69) is 6.07 Å². The molecule has 4 nitrogen and oxygen atoms in total. The highest BCUT2D eigenvalue weighted by Gasteiger charge is 2.31. The van der Waals surface area contributed by atoms with Gasteiger partial charge >= 0.3 is 0 Å². The first kappa shape index (κ1) is 19.1. The van der Waals surface area contributed by atoms with Gasteiger partial charge in [-0.3, -0.25) is 0 Å². The van der Waals surface area contributed by atoms with Crippen LogP contribution >= 0.6 is 11.3 Å². The third-order valence-electron chi connectivity index (χ3n) is 4.80. The van der Waals surface area contributed by atoms with Crippen LogP contribution in [0.1, 0.15) is 12.8 Å². The molecule has 0 bridgehead atoms. The lowest BCUT2D eigenvalue weighted by Crippen LogP contribution is -2.41. The van der Waals surface area contributed by atoms with Crippen LogP contribution in [0.25, 0.3) is 10.4 Å². The second-order valence-corrected chi connectivity index (χ2v) is 9.51. The second-order valence-electron chi connectivity index (χ2n) is 6.66. The molecule has 0 radical (unpaired) electrons. The molecule has 1 aliphatic heterocycles. The molecule has 0 unspecified atom stereocenters. The average Bonchev–Trinajstić information content (AvgIpc) is 3.24. The Morgan fingerprint density at radius 2 is 1.79 bits per heavy atom. The van der Waals surface area contributed by atoms with E-state index in [0.29, 0.717) is 25.9 Å². The Labute approximate surface area is 168 Å². The van der Waals surface area contributed by atoms with Gasteiger partial charge < -0.3 is 4.74 Å². The lowest BCUT2D eigenvalue weighted by atomic mass is 10.1. The third-order valence-corrected chi connectivity index (χ3v) is 7.65. The second kappa shape index (κ2) is 8.03. The van der Waals surface area contributed by atoms with Gasteiger partial charge in [-0.25, -0.2) is 12.8 Å². The summed E-state index contributed by atoms with van der Waals surface area (Å²) in [5, 5.41) is 2.04. The Kier molecular flexibility index (Phi) is 5.48. The number of piperidine rings is 1. The zero-order chi connectivity index (χ0) is 19.6. The van der Waals surface area contributed by atoms with Crippen LogP contribution in [0.5, 0.6) is 5.75 Å². The number of ether oxygens (including phenoxy) is 1. The first-order valence-electron chi connectivity index (χ1n) is 9.09. The van der Waals surface area contributed by atoms with E-state index in [1.165, 1.54) is 33.4 Å². The van der Waals surface area contributed by atoms with Crippen LogP contribution in [-0.4, -0.2) is 31.9 Å². The maximum atomic E-state index is 13.9. The van der Waals surface area contributed by atoms with E-state index >= 15 is 0 Å². The smallest absolute Gasteiger partial charge is 0.245 e. The van der Waals surface area contributed by atoms with Crippen molar-refractivity contribution in [1.29, 1.82) is 0 Å². The van der Waals surface area contributed by atoms with Gasteiger partial charge in [0.1, 0.15) is 22.6 Å². The van der Waals surface area contributed by atoms with Gasteiger partial charge in [0.15, 0.2) is 0 Å². The van der Waals surface area contributed by atoms with E-state index in [9.17, 15) is 12.8 Å². The molecule has 1 saturated heterocycles. The van der Waals surface area contributed by atoms with Crippen LogP contribution in [0.3, 0.4) is 0 Å². The summed E-state index contributed by atoms with van der Waals surface area (Å²) in [4.78, 5) is 0.911. The van der Waals surface area contributed by atoms with Gasteiger partial charge in [0.2, 0.25) is 10.0 Å². The van der Waals surface area contributed by atoms with Crippen LogP contribution < -0.4 is 4.74 Å². The number of benzene rings is 2. The lowest BCUT2D eigenvalue weighted by molar-refractivity contribution is 0.135. The molecule has 0 spiro atoms. The SMILES string of the molecule is O=S(=O)(c1ccccc1F)N1CCC(Oc2cccc(-c3cccs3)c2)CC1. The summed E-state index contributed by atoms with van der Waals surface area (Å²) in [6, 6.07) is 17.5. The van der Waals surface area contributed by atoms with E-state index in [1.807, 2.05) is 35.7 Å². The predicted octanol–water partition coefficient (Wildman–Crippen LogP) is 4.79. The van der Waals surface area contributed by atoms with Crippen molar-refractivity contribution in [1.82, 2.24) is 4.31 Å². The molecule has 1 fully saturated rings. The molecule has 4 rings (SSSR count). The predicted molar refractivity (Wildman–Crippen MR) is 109 cm³/mol. The van der Waals surface area contributed by atoms with Crippen LogP contribution in [0.15, 0.2) is 70.9 Å². The Morgan fingerprint density at radius 3 is 2.50 bits per heavy atom. The summed E-state index contributed by atoms with van der Waals surface area (Å²) in [7, 11) is -3.82. The zero-order valence-corrected chi connectivity index (χ0v) is 16.8. The van der Waals surface area contributed by atoms with Crippen molar-refractivity contribution in [2.24, 2.45) is 0 Å². The van der Waals surface area contributed by atoms with Gasteiger partial charge in [0, 0.05) is 18.0 Å². The molecule has 0 N–H and O–H groups in total. The van der Waals surface area contributed by atoms with E-state index in [1.54, 1.807) is 11.3 Å². The summed E-state index contributed by atoms with van der Waals surface area (Å²) in [5.41, 5.74) is 1.10.